The van der Waals surface area contributed by atoms with Crippen LogP contribution in [0.15, 0.2) is 41.6 Å². The zero-order valence-corrected chi connectivity index (χ0v) is 16.5. The molecular weight excluding hydrogens is 366 g/mol. The molecule has 3 rings (SSSR count). The van der Waals surface area contributed by atoms with Gasteiger partial charge in [-0.3, -0.25) is 0 Å². The van der Waals surface area contributed by atoms with Gasteiger partial charge >= 0.3 is 6.01 Å². The molecule has 0 aliphatic carbocycles. The van der Waals surface area contributed by atoms with Gasteiger partial charge in [0.2, 0.25) is 10.0 Å². The Morgan fingerprint density at radius 2 is 1.85 bits per heavy atom. The van der Waals surface area contributed by atoms with E-state index in [2.05, 4.69) is 9.97 Å². The molecule has 0 saturated carbocycles. The second-order valence-corrected chi connectivity index (χ2v) is 8.31. The van der Waals surface area contributed by atoms with Gasteiger partial charge < -0.3 is 9.47 Å². The first-order valence-corrected chi connectivity index (χ1v) is 10.7. The van der Waals surface area contributed by atoms with Gasteiger partial charge in [0.1, 0.15) is 11.9 Å². The van der Waals surface area contributed by atoms with Crippen molar-refractivity contribution in [3.8, 4) is 11.8 Å². The summed E-state index contributed by atoms with van der Waals surface area (Å²) < 4.78 is 38.5. The van der Waals surface area contributed by atoms with E-state index in [0.717, 1.165) is 24.8 Å². The van der Waals surface area contributed by atoms with E-state index in [0.29, 0.717) is 18.9 Å². The number of hydrogen-bond donors (Lipinski definition) is 0. The van der Waals surface area contributed by atoms with Crippen LogP contribution >= 0.6 is 0 Å². The smallest absolute Gasteiger partial charge is 0.316 e. The Balaban J connectivity index is 1.68. The third-order valence-electron chi connectivity index (χ3n) is 4.48. The van der Waals surface area contributed by atoms with Crippen molar-refractivity contribution in [2.75, 3.05) is 19.7 Å². The quantitative estimate of drug-likeness (QED) is 0.722. The fourth-order valence-corrected chi connectivity index (χ4v) is 4.49. The Morgan fingerprint density at radius 1 is 1.15 bits per heavy atom. The zero-order chi connectivity index (χ0) is 19.3. The summed E-state index contributed by atoms with van der Waals surface area (Å²) in [6.45, 7) is 5.22. The lowest BCUT2D eigenvalue weighted by molar-refractivity contribution is 0.119. The summed E-state index contributed by atoms with van der Waals surface area (Å²) in [5.74, 6) is 0.656. The predicted octanol–water partition coefficient (Wildman–Crippen LogP) is 2.67. The molecule has 2 heterocycles. The highest BCUT2D eigenvalue weighted by atomic mass is 32.2. The fourth-order valence-electron chi connectivity index (χ4n) is 2.98. The van der Waals surface area contributed by atoms with Gasteiger partial charge in [0.25, 0.3) is 0 Å². The first-order valence-electron chi connectivity index (χ1n) is 9.23. The van der Waals surface area contributed by atoms with Gasteiger partial charge in [0.15, 0.2) is 0 Å². The zero-order valence-electron chi connectivity index (χ0n) is 15.7. The average molecular weight is 391 g/mol. The van der Waals surface area contributed by atoms with Crippen molar-refractivity contribution < 1.29 is 17.9 Å². The Hall–Kier alpha value is -2.19. The minimum absolute atomic E-state index is 0.259. The van der Waals surface area contributed by atoms with E-state index < -0.39 is 10.0 Å². The molecule has 0 spiro atoms. The second-order valence-electron chi connectivity index (χ2n) is 6.38. The topological polar surface area (TPSA) is 81.6 Å². The van der Waals surface area contributed by atoms with Gasteiger partial charge in [-0.15, -0.1) is 0 Å². The molecule has 0 N–H and O–H groups in total. The molecule has 146 valence electrons. The van der Waals surface area contributed by atoms with Crippen molar-refractivity contribution in [1.82, 2.24) is 14.3 Å². The minimum atomic E-state index is -3.57. The van der Waals surface area contributed by atoms with Crippen LogP contribution in [0.1, 0.15) is 32.3 Å². The Bertz CT molecular complexity index is 838. The molecule has 1 unspecified atom stereocenters. The third-order valence-corrected chi connectivity index (χ3v) is 6.35. The van der Waals surface area contributed by atoms with Gasteiger partial charge in [-0.2, -0.15) is 4.31 Å². The molecule has 27 heavy (non-hydrogen) atoms. The second kappa shape index (κ2) is 8.67. The van der Waals surface area contributed by atoms with Gasteiger partial charge in [0.05, 0.1) is 18.0 Å². The third kappa shape index (κ3) is 4.75. The summed E-state index contributed by atoms with van der Waals surface area (Å²) in [4.78, 5) is 8.66. The molecule has 0 amide bonds. The fraction of sp³-hybridized carbons (Fsp3) is 0.474. The van der Waals surface area contributed by atoms with Gasteiger partial charge in [-0.1, -0.05) is 6.92 Å². The molecular formula is C19H25N3O4S. The molecule has 2 aromatic rings. The Kier molecular flexibility index (Phi) is 6.28. The highest BCUT2D eigenvalue weighted by molar-refractivity contribution is 7.89. The van der Waals surface area contributed by atoms with Crippen LogP contribution in [0.4, 0.5) is 0 Å². The van der Waals surface area contributed by atoms with Crippen LogP contribution in [0.3, 0.4) is 0 Å². The van der Waals surface area contributed by atoms with E-state index in [9.17, 15) is 8.42 Å². The van der Waals surface area contributed by atoms with Crippen LogP contribution in [-0.4, -0.2) is 48.5 Å². The number of aryl methyl sites for hydroxylation is 1. The average Bonchev–Trinajstić information content (AvgIpc) is 2.69. The van der Waals surface area contributed by atoms with Crippen molar-refractivity contribution in [2.24, 2.45) is 0 Å². The van der Waals surface area contributed by atoms with Crippen LogP contribution in [-0.2, 0) is 16.4 Å². The number of piperidine rings is 1. The molecule has 1 aromatic carbocycles. The predicted molar refractivity (Wildman–Crippen MR) is 101 cm³/mol. The van der Waals surface area contributed by atoms with Crippen LogP contribution < -0.4 is 9.47 Å². The molecule has 1 atom stereocenters. The number of ether oxygens (including phenoxy) is 2. The van der Waals surface area contributed by atoms with Crippen molar-refractivity contribution in [3.63, 3.8) is 0 Å². The first-order chi connectivity index (χ1) is 13.0. The van der Waals surface area contributed by atoms with Crippen molar-refractivity contribution in [3.05, 3.63) is 42.2 Å². The maximum Gasteiger partial charge on any atom is 0.316 e. The SMILES string of the molecule is CCOc1ccc(S(=O)(=O)N2CCCC(Oc3ncc(CC)cn3)C2)cc1. The number of benzene rings is 1. The van der Waals surface area contributed by atoms with Crippen molar-refractivity contribution in [2.45, 2.75) is 44.1 Å². The number of nitrogens with zero attached hydrogens (tertiary/aromatic N) is 3. The maximum absolute atomic E-state index is 12.9. The Labute approximate surface area is 160 Å². The number of hydrogen-bond acceptors (Lipinski definition) is 6. The maximum atomic E-state index is 12.9. The van der Waals surface area contributed by atoms with E-state index >= 15 is 0 Å². The number of aromatic nitrogens is 2. The Morgan fingerprint density at radius 3 is 2.48 bits per heavy atom. The van der Waals surface area contributed by atoms with E-state index in [1.165, 1.54) is 4.31 Å². The lowest BCUT2D eigenvalue weighted by Gasteiger charge is -2.31. The largest absolute Gasteiger partial charge is 0.494 e. The van der Waals surface area contributed by atoms with Gasteiger partial charge in [-0.25, -0.2) is 18.4 Å². The summed E-state index contributed by atoms with van der Waals surface area (Å²) >= 11 is 0. The lowest BCUT2D eigenvalue weighted by atomic mass is 10.1. The van der Waals surface area contributed by atoms with Crippen LogP contribution in [0, 0.1) is 0 Å². The standard InChI is InChI=1S/C19H25N3O4S/c1-3-15-12-20-19(21-13-15)26-17-6-5-11-22(14-17)27(23,24)18-9-7-16(8-10-18)25-4-2/h7-10,12-13,17H,3-6,11,14H2,1-2H3. The summed E-state index contributed by atoms with van der Waals surface area (Å²) in [5.41, 5.74) is 1.03. The highest BCUT2D eigenvalue weighted by Crippen LogP contribution is 2.24. The molecule has 1 aromatic heterocycles. The first kappa shape index (κ1) is 19.6. The summed E-state index contributed by atoms with van der Waals surface area (Å²) in [5, 5.41) is 0. The minimum Gasteiger partial charge on any atom is -0.494 e. The van der Waals surface area contributed by atoms with Crippen molar-refractivity contribution in [1.29, 1.82) is 0 Å². The number of rotatable bonds is 7. The van der Waals surface area contributed by atoms with E-state index in [1.54, 1.807) is 36.7 Å². The summed E-state index contributed by atoms with van der Waals surface area (Å²) in [6, 6.07) is 6.81. The molecule has 0 radical (unpaired) electrons. The van der Waals surface area contributed by atoms with E-state index in [4.69, 9.17) is 9.47 Å². The van der Waals surface area contributed by atoms with Crippen LogP contribution in [0.5, 0.6) is 11.8 Å². The van der Waals surface area contributed by atoms with E-state index in [1.807, 2.05) is 13.8 Å². The molecule has 1 fully saturated rings. The van der Waals surface area contributed by atoms with E-state index in [-0.39, 0.29) is 23.6 Å². The lowest BCUT2D eigenvalue weighted by Crippen LogP contribution is -2.44. The highest BCUT2D eigenvalue weighted by Gasteiger charge is 2.31. The molecule has 1 saturated heterocycles. The van der Waals surface area contributed by atoms with Crippen LogP contribution in [0.2, 0.25) is 0 Å². The van der Waals surface area contributed by atoms with Gasteiger partial charge in [-0.05, 0) is 56.0 Å². The summed E-state index contributed by atoms with van der Waals surface area (Å²) in [6.07, 6.45) is 5.57. The monoisotopic (exact) mass is 391 g/mol. The molecule has 8 heteroatoms. The molecule has 7 nitrogen and oxygen atoms in total. The normalized spacial score (nSPS) is 18.2. The van der Waals surface area contributed by atoms with Gasteiger partial charge in [0, 0.05) is 18.9 Å². The van der Waals surface area contributed by atoms with Crippen LogP contribution in [0.25, 0.3) is 0 Å². The van der Waals surface area contributed by atoms with Crippen molar-refractivity contribution >= 4 is 10.0 Å². The summed E-state index contributed by atoms with van der Waals surface area (Å²) in [7, 11) is -3.57. The molecule has 1 aliphatic rings. The molecule has 0 bridgehead atoms. The number of sulfonamides is 1. The molecule has 1 aliphatic heterocycles.